The Hall–Kier alpha value is -2.32. The van der Waals surface area contributed by atoms with Crippen LogP contribution in [0.5, 0.6) is 0 Å². The van der Waals surface area contributed by atoms with Crippen molar-refractivity contribution in [2.45, 2.75) is 19.5 Å². The molecule has 0 aliphatic carbocycles. The lowest BCUT2D eigenvalue weighted by molar-refractivity contribution is 0.277. The van der Waals surface area contributed by atoms with Crippen LogP contribution in [0.4, 0.5) is 0 Å². The van der Waals surface area contributed by atoms with Gasteiger partial charge in [-0.3, -0.25) is 13.9 Å². The highest BCUT2D eigenvalue weighted by Gasteiger charge is 2.18. The van der Waals surface area contributed by atoms with Gasteiger partial charge in [0.05, 0.1) is 5.72 Å². The van der Waals surface area contributed by atoms with Crippen molar-refractivity contribution in [3.8, 4) is 0 Å². The van der Waals surface area contributed by atoms with E-state index in [1.54, 1.807) is 31.6 Å². The van der Waals surface area contributed by atoms with Crippen LogP contribution in [0, 0.1) is 0 Å². The molecule has 9 heteroatoms. The van der Waals surface area contributed by atoms with E-state index in [-0.39, 0.29) is 18.7 Å². The maximum absolute atomic E-state index is 12.9. The summed E-state index contributed by atoms with van der Waals surface area (Å²) in [6.45, 7) is 0.534. The van der Waals surface area contributed by atoms with Crippen molar-refractivity contribution >= 4 is 36.3 Å². The van der Waals surface area contributed by atoms with Gasteiger partial charge in [0.1, 0.15) is 0 Å². The zero-order valence-corrected chi connectivity index (χ0v) is 14.8. The monoisotopic (exact) mass is 360 g/mol. The fourth-order valence-corrected chi connectivity index (χ4v) is 3.00. The molecule has 0 aliphatic rings. The number of benzene rings is 1. The molecule has 3 rings (SSSR count). The number of hydrogen-bond donors (Lipinski definition) is 1. The number of aliphatic hydroxyl groups is 1. The fraction of sp³-hybridized carbons (Fsp3) is 0.312. The third kappa shape index (κ3) is 3.15. The van der Waals surface area contributed by atoms with E-state index in [1.807, 2.05) is 12.1 Å². The average Bonchev–Trinajstić information content (AvgIpc) is 2.92. The van der Waals surface area contributed by atoms with E-state index in [0.29, 0.717) is 34.9 Å². The van der Waals surface area contributed by atoms with E-state index in [1.165, 1.54) is 4.57 Å². The highest BCUT2D eigenvalue weighted by Crippen LogP contribution is 2.12. The zero-order valence-electron chi connectivity index (χ0n) is 14.1. The van der Waals surface area contributed by atoms with Crippen molar-refractivity contribution < 1.29 is 5.11 Å². The number of aromatic nitrogens is 4. The van der Waals surface area contributed by atoms with Gasteiger partial charge >= 0.3 is 5.69 Å². The molecule has 0 unspecified atom stereocenters. The quantitative estimate of drug-likeness (QED) is 0.606. The average molecular weight is 361 g/mol. The Balaban J connectivity index is 2.20. The van der Waals surface area contributed by atoms with Gasteiger partial charge in [-0.2, -0.15) is 0 Å². The largest absolute Gasteiger partial charge is 0.396 e. The summed E-state index contributed by atoms with van der Waals surface area (Å²) in [7, 11) is 3.40. The number of fused-ring (bicyclic) bond motifs is 1. The van der Waals surface area contributed by atoms with Crippen LogP contribution >= 0.6 is 11.6 Å². The maximum atomic E-state index is 12.9. The van der Waals surface area contributed by atoms with Crippen LogP contribution in [0.2, 0.25) is 5.02 Å². The lowest BCUT2D eigenvalue weighted by Crippen LogP contribution is -2.40. The Morgan fingerprint density at radius 2 is 1.88 bits per heavy atom. The van der Waals surface area contributed by atoms with Gasteiger partial charge in [-0.15, -0.1) is 0 Å². The molecule has 2 aromatic heterocycles. The normalized spacial score (nSPS) is 11.3. The fourth-order valence-electron chi connectivity index (χ4n) is 2.87. The van der Waals surface area contributed by atoms with Crippen LogP contribution in [-0.4, -0.2) is 38.2 Å². The van der Waals surface area contributed by atoms with Crippen LogP contribution < -0.4 is 17.0 Å². The van der Waals surface area contributed by atoms with Crippen LogP contribution in [0.3, 0.4) is 0 Å². The second kappa shape index (κ2) is 6.89. The van der Waals surface area contributed by atoms with Gasteiger partial charge in [-0.25, -0.2) is 9.78 Å². The Morgan fingerprint density at radius 3 is 2.52 bits per heavy atom. The molecule has 0 atom stereocenters. The molecule has 0 amide bonds. The van der Waals surface area contributed by atoms with E-state index >= 15 is 0 Å². The molecular formula is C16H18BClN4O3. The molecule has 2 heterocycles. The van der Waals surface area contributed by atoms with Crippen molar-refractivity contribution in [2.24, 2.45) is 7.05 Å². The first-order valence-corrected chi connectivity index (χ1v) is 8.33. The second-order valence-electron chi connectivity index (χ2n) is 5.92. The van der Waals surface area contributed by atoms with Gasteiger partial charge < -0.3 is 9.67 Å². The summed E-state index contributed by atoms with van der Waals surface area (Å²) >= 11 is 5.92. The summed E-state index contributed by atoms with van der Waals surface area (Å²) in [5.74, 6) is 0. The summed E-state index contributed by atoms with van der Waals surface area (Å²) in [5, 5.41) is 9.66. The number of rotatable bonds is 5. The molecule has 0 fully saturated rings. The molecule has 130 valence electrons. The van der Waals surface area contributed by atoms with E-state index in [0.717, 1.165) is 10.1 Å². The molecule has 1 N–H and O–H groups in total. The van der Waals surface area contributed by atoms with Gasteiger partial charge in [0.2, 0.25) is 0 Å². The summed E-state index contributed by atoms with van der Waals surface area (Å²) in [5.41, 5.74) is 1.55. The molecule has 7 nitrogen and oxygen atoms in total. The molecule has 0 saturated carbocycles. The molecule has 0 spiro atoms. The molecule has 0 bridgehead atoms. The van der Waals surface area contributed by atoms with Gasteiger partial charge in [-0.05, 0) is 24.1 Å². The number of imidazole rings is 1. The third-order valence-electron chi connectivity index (χ3n) is 4.22. The zero-order chi connectivity index (χ0) is 18.1. The molecule has 25 heavy (non-hydrogen) atoms. The van der Waals surface area contributed by atoms with Gasteiger partial charge in [0, 0.05) is 31.8 Å². The van der Waals surface area contributed by atoms with E-state index < -0.39 is 5.69 Å². The summed E-state index contributed by atoms with van der Waals surface area (Å²) in [4.78, 5) is 29.7. The van der Waals surface area contributed by atoms with Crippen molar-refractivity contribution in [1.29, 1.82) is 0 Å². The first kappa shape index (κ1) is 17.5. The number of aryl methyl sites for hydroxylation is 1. The Bertz CT molecular complexity index is 1040. The van der Waals surface area contributed by atoms with Crippen LogP contribution in [0.25, 0.3) is 11.2 Å². The molecule has 0 radical (unpaired) electrons. The SMILES string of the molecule is Bc1nc2c(c(=O)n(CCCO)c(=O)n2C)n1Cc1ccc(Cl)cc1. The van der Waals surface area contributed by atoms with Gasteiger partial charge in [0.15, 0.2) is 19.0 Å². The molecule has 0 aliphatic heterocycles. The highest BCUT2D eigenvalue weighted by atomic mass is 35.5. The standard InChI is InChI=1S/C16H18BClN4O3/c1-20-13-12(14(24)21(16(20)25)7-2-8-23)22(15(17)19-13)9-10-3-5-11(18)6-4-10/h3-6,23H,2,7-9,17H2,1H3. The molecule has 3 aromatic rings. The minimum atomic E-state index is -0.429. The minimum Gasteiger partial charge on any atom is -0.396 e. The summed E-state index contributed by atoms with van der Waals surface area (Å²) in [6, 6.07) is 7.36. The molecule has 1 aromatic carbocycles. The third-order valence-corrected chi connectivity index (χ3v) is 4.47. The first-order valence-electron chi connectivity index (χ1n) is 7.96. The van der Waals surface area contributed by atoms with Crippen LogP contribution in [0.15, 0.2) is 33.9 Å². The smallest absolute Gasteiger partial charge is 0.332 e. The minimum absolute atomic E-state index is 0.0866. The summed E-state index contributed by atoms with van der Waals surface area (Å²) < 4.78 is 4.33. The number of hydrogen-bond acceptors (Lipinski definition) is 4. The summed E-state index contributed by atoms with van der Waals surface area (Å²) in [6.07, 6.45) is 0.338. The lowest BCUT2D eigenvalue weighted by Gasteiger charge is -2.10. The van der Waals surface area contributed by atoms with E-state index in [2.05, 4.69) is 4.98 Å². The first-order chi connectivity index (χ1) is 11.9. The molecule has 0 saturated heterocycles. The lowest BCUT2D eigenvalue weighted by atomic mass is 10.1. The van der Waals surface area contributed by atoms with Gasteiger partial charge in [-0.1, -0.05) is 23.7 Å². The van der Waals surface area contributed by atoms with Crippen molar-refractivity contribution in [3.63, 3.8) is 0 Å². The Morgan fingerprint density at radius 1 is 1.20 bits per heavy atom. The van der Waals surface area contributed by atoms with E-state index in [4.69, 9.17) is 16.7 Å². The number of nitrogens with zero attached hydrogens (tertiary/aromatic N) is 4. The Kier molecular flexibility index (Phi) is 4.83. The number of aliphatic hydroxyl groups excluding tert-OH is 1. The topological polar surface area (TPSA) is 82.1 Å². The van der Waals surface area contributed by atoms with Gasteiger partial charge in [0.25, 0.3) is 5.56 Å². The van der Waals surface area contributed by atoms with Crippen LogP contribution in [-0.2, 0) is 20.1 Å². The second-order valence-corrected chi connectivity index (χ2v) is 6.36. The number of halogens is 1. The van der Waals surface area contributed by atoms with Crippen LogP contribution in [0.1, 0.15) is 12.0 Å². The van der Waals surface area contributed by atoms with Crippen molar-refractivity contribution in [2.75, 3.05) is 6.61 Å². The highest BCUT2D eigenvalue weighted by molar-refractivity contribution is 6.30. The predicted molar refractivity (Wildman–Crippen MR) is 99.7 cm³/mol. The van der Waals surface area contributed by atoms with Crippen molar-refractivity contribution in [1.82, 2.24) is 18.7 Å². The predicted octanol–water partition coefficient (Wildman–Crippen LogP) is -0.761. The van der Waals surface area contributed by atoms with Crippen molar-refractivity contribution in [3.05, 3.63) is 55.7 Å². The molecular weight excluding hydrogens is 342 g/mol. The maximum Gasteiger partial charge on any atom is 0.332 e. The Labute approximate surface area is 149 Å². The van der Waals surface area contributed by atoms with E-state index in [9.17, 15) is 9.59 Å².